The maximum Gasteiger partial charge on any atom is 0.226 e. The fourth-order valence-corrected chi connectivity index (χ4v) is 0.894. The van der Waals surface area contributed by atoms with Crippen molar-refractivity contribution >= 4 is 31.2 Å². The number of hydrogen-bond acceptors (Lipinski definition) is 3. The van der Waals surface area contributed by atoms with Crippen LogP contribution in [0.15, 0.2) is 0 Å². The molecule has 0 radical (unpaired) electrons. The fraction of sp³-hybridized carbons (Fsp3) is 0.875. The van der Waals surface area contributed by atoms with Gasteiger partial charge in [0.15, 0.2) is 0 Å². The average molecular weight is 207 g/mol. The molecule has 72 valence electrons. The summed E-state index contributed by atoms with van der Waals surface area (Å²) in [5.41, 5.74) is -0.361. The van der Waals surface area contributed by atoms with Crippen molar-refractivity contribution in [1.82, 2.24) is 5.32 Å². The molecule has 4 heteroatoms. The normalized spacial score (nSPS) is 11.3. The van der Waals surface area contributed by atoms with E-state index >= 15 is 0 Å². The molecular formula is C8H17NOS2. The first-order valence-electron chi connectivity index (χ1n) is 4.04. The summed E-state index contributed by atoms with van der Waals surface area (Å²) in [7, 11) is 0. The number of amides is 1. The number of thiol groups is 2. The third-order valence-electron chi connectivity index (χ3n) is 1.63. The van der Waals surface area contributed by atoms with Gasteiger partial charge in [-0.15, -0.1) is 0 Å². The van der Waals surface area contributed by atoms with Crippen molar-refractivity contribution in [3.63, 3.8) is 0 Å². The number of carbonyl (C=O) groups excluding carboxylic acids is 1. The molecule has 0 atom stereocenters. The standard InChI is InChI=1S/C8H17NOS2/c1-8(2,6-12)7(10)9-4-3-5-11/h11-12H,3-6H2,1-2H3,(H,9,10). The van der Waals surface area contributed by atoms with Crippen molar-refractivity contribution in [2.45, 2.75) is 20.3 Å². The zero-order valence-corrected chi connectivity index (χ0v) is 9.42. The van der Waals surface area contributed by atoms with E-state index in [1.807, 2.05) is 13.8 Å². The minimum Gasteiger partial charge on any atom is -0.356 e. The highest BCUT2D eigenvalue weighted by molar-refractivity contribution is 7.80. The maximum absolute atomic E-state index is 11.4. The first-order valence-corrected chi connectivity index (χ1v) is 5.31. The molecule has 2 nitrogen and oxygen atoms in total. The molecule has 0 rings (SSSR count). The number of carbonyl (C=O) groups is 1. The van der Waals surface area contributed by atoms with E-state index < -0.39 is 0 Å². The predicted octanol–water partition coefficient (Wildman–Crippen LogP) is 1.38. The van der Waals surface area contributed by atoms with Crippen LogP contribution in [0, 0.1) is 5.41 Å². The zero-order valence-electron chi connectivity index (χ0n) is 7.63. The third-order valence-corrected chi connectivity index (χ3v) is 2.74. The summed E-state index contributed by atoms with van der Waals surface area (Å²) in [5, 5.41) is 2.84. The summed E-state index contributed by atoms with van der Waals surface area (Å²) in [5.74, 6) is 1.45. The van der Waals surface area contributed by atoms with Gasteiger partial charge in [-0.2, -0.15) is 25.3 Å². The summed E-state index contributed by atoms with van der Waals surface area (Å²) in [6, 6.07) is 0. The lowest BCUT2D eigenvalue weighted by atomic mass is 9.95. The van der Waals surface area contributed by atoms with Crippen LogP contribution in [0.2, 0.25) is 0 Å². The van der Waals surface area contributed by atoms with E-state index in [1.165, 1.54) is 0 Å². The van der Waals surface area contributed by atoms with E-state index in [0.29, 0.717) is 12.3 Å². The van der Waals surface area contributed by atoms with Crippen LogP contribution < -0.4 is 5.32 Å². The molecule has 0 unspecified atom stereocenters. The zero-order chi connectivity index (χ0) is 9.61. The van der Waals surface area contributed by atoms with E-state index in [0.717, 1.165) is 12.2 Å². The maximum atomic E-state index is 11.4. The van der Waals surface area contributed by atoms with Gasteiger partial charge < -0.3 is 5.32 Å². The molecule has 1 amide bonds. The molecule has 0 spiro atoms. The molecular weight excluding hydrogens is 190 g/mol. The van der Waals surface area contributed by atoms with Crippen molar-refractivity contribution in [2.24, 2.45) is 5.41 Å². The van der Waals surface area contributed by atoms with Crippen LogP contribution in [-0.2, 0) is 4.79 Å². The Morgan fingerprint density at radius 1 is 1.42 bits per heavy atom. The molecule has 0 saturated heterocycles. The van der Waals surface area contributed by atoms with Crippen LogP contribution in [-0.4, -0.2) is 24.0 Å². The van der Waals surface area contributed by atoms with Gasteiger partial charge in [-0.25, -0.2) is 0 Å². The minimum absolute atomic E-state index is 0.0688. The van der Waals surface area contributed by atoms with Crippen molar-refractivity contribution in [1.29, 1.82) is 0 Å². The molecule has 0 aliphatic carbocycles. The smallest absolute Gasteiger partial charge is 0.226 e. The summed E-state index contributed by atoms with van der Waals surface area (Å²) in [6.07, 6.45) is 0.914. The quantitative estimate of drug-likeness (QED) is 0.461. The van der Waals surface area contributed by atoms with Crippen LogP contribution in [0.25, 0.3) is 0 Å². The van der Waals surface area contributed by atoms with E-state index in [9.17, 15) is 4.79 Å². The highest BCUT2D eigenvalue weighted by Gasteiger charge is 2.24. The van der Waals surface area contributed by atoms with Gasteiger partial charge >= 0.3 is 0 Å². The van der Waals surface area contributed by atoms with Crippen LogP contribution in [0.1, 0.15) is 20.3 Å². The van der Waals surface area contributed by atoms with Crippen LogP contribution in [0.3, 0.4) is 0 Å². The van der Waals surface area contributed by atoms with Gasteiger partial charge in [0.1, 0.15) is 0 Å². The first kappa shape index (κ1) is 12.2. The molecule has 0 fully saturated rings. The molecule has 0 bridgehead atoms. The van der Waals surface area contributed by atoms with Crippen LogP contribution in [0.5, 0.6) is 0 Å². The molecule has 0 aromatic heterocycles. The molecule has 1 N–H and O–H groups in total. The molecule has 0 aliphatic heterocycles. The summed E-state index contributed by atoms with van der Waals surface area (Å²) >= 11 is 8.16. The Morgan fingerprint density at radius 3 is 2.42 bits per heavy atom. The topological polar surface area (TPSA) is 29.1 Å². The van der Waals surface area contributed by atoms with Crippen LogP contribution in [0.4, 0.5) is 0 Å². The lowest BCUT2D eigenvalue weighted by Gasteiger charge is -2.20. The number of nitrogens with one attached hydrogen (secondary N) is 1. The Bertz CT molecular complexity index is 148. The largest absolute Gasteiger partial charge is 0.356 e. The van der Waals surface area contributed by atoms with Gasteiger partial charge in [0, 0.05) is 12.3 Å². The van der Waals surface area contributed by atoms with Crippen molar-refractivity contribution in [3.8, 4) is 0 Å². The second kappa shape index (κ2) is 5.75. The van der Waals surface area contributed by atoms with Crippen molar-refractivity contribution in [2.75, 3.05) is 18.1 Å². The molecule has 0 aliphatic rings. The summed E-state index contributed by atoms with van der Waals surface area (Å²) < 4.78 is 0. The Morgan fingerprint density at radius 2 is 2.00 bits per heavy atom. The van der Waals surface area contributed by atoms with Gasteiger partial charge in [0.05, 0.1) is 5.41 Å². The molecule has 0 saturated carbocycles. The van der Waals surface area contributed by atoms with Gasteiger partial charge in [0.2, 0.25) is 5.91 Å². The van der Waals surface area contributed by atoms with E-state index in [1.54, 1.807) is 0 Å². The summed E-state index contributed by atoms with van der Waals surface area (Å²) in [6.45, 7) is 4.48. The van der Waals surface area contributed by atoms with E-state index in [4.69, 9.17) is 0 Å². The monoisotopic (exact) mass is 207 g/mol. The lowest BCUT2D eigenvalue weighted by molar-refractivity contribution is -0.128. The molecule has 0 aromatic carbocycles. The Labute approximate surface area is 85.3 Å². The Kier molecular flexibility index (Phi) is 5.84. The first-order chi connectivity index (χ1) is 5.54. The van der Waals surface area contributed by atoms with Gasteiger partial charge in [-0.1, -0.05) is 13.8 Å². The Balaban J connectivity index is 3.72. The Hall–Kier alpha value is 0.170. The van der Waals surface area contributed by atoms with Gasteiger partial charge in [-0.3, -0.25) is 4.79 Å². The second-order valence-electron chi connectivity index (χ2n) is 3.38. The highest BCUT2D eigenvalue weighted by Crippen LogP contribution is 2.16. The van der Waals surface area contributed by atoms with E-state index in [-0.39, 0.29) is 11.3 Å². The van der Waals surface area contributed by atoms with Gasteiger partial charge in [0.25, 0.3) is 0 Å². The lowest BCUT2D eigenvalue weighted by Crippen LogP contribution is -2.38. The van der Waals surface area contributed by atoms with E-state index in [2.05, 4.69) is 30.6 Å². The van der Waals surface area contributed by atoms with Crippen LogP contribution >= 0.6 is 25.3 Å². The van der Waals surface area contributed by atoms with Gasteiger partial charge in [-0.05, 0) is 12.2 Å². The second-order valence-corrected chi connectivity index (χ2v) is 4.14. The average Bonchev–Trinajstić information content (AvgIpc) is 2.05. The van der Waals surface area contributed by atoms with Crippen molar-refractivity contribution in [3.05, 3.63) is 0 Å². The third kappa shape index (κ3) is 4.26. The molecule has 0 heterocycles. The summed E-state index contributed by atoms with van der Waals surface area (Å²) in [4.78, 5) is 11.4. The number of rotatable bonds is 5. The molecule has 0 aromatic rings. The SMILES string of the molecule is CC(C)(CS)C(=O)NCCCS. The predicted molar refractivity (Wildman–Crippen MR) is 59.1 cm³/mol. The van der Waals surface area contributed by atoms with Crippen molar-refractivity contribution < 1.29 is 4.79 Å². The minimum atomic E-state index is -0.361. The highest BCUT2D eigenvalue weighted by atomic mass is 32.1. The molecule has 12 heavy (non-hydrogen) atoms. The number of hydrogen-bond donors (Lipinski definition) is 3. The fourth-order valence-electron chi connectivity index (χ4n) is 0.592.